The predicted molar refractivity (Wildman–Crippen MR) is 97.6 cm³/mol. The quantitative estimate of drug-likeness (QED) is 0.707. The lowest BCUT2D eigenvalue weighted by Gasteiger charge is -2.32. The van der Waals surface area contributed by atoms with E-state index in [1.165, 1.54) is 17.3 Å². The lowest BCUT2D eigenvalue weighted by molar-refractivity contribution is 0.499. The highest BCUT2D eigenvalue weighted by atomic mass is 79.9. The zero-order chi connectivity index (χ0) is 16.7. The third-order valence-electron chi connectivity index (χ3n) is 4.75. The number of hydrogen-bond donors (Lipinski definition) is 2. The highest BCUT2D eigenvalue weighted by Gasteiger charge is 2.23. The second kappa shape index (κ2) is 6.05. The van der Waals surface area contributed by atoms with E-state index in [1.807, 2.05) is 0 Å². The Morgan fingerprint density at radius 1 is 1.29 bits per heavy atom. The first-order chi connectivity index (χ1) is 11.6. The van der Waals surface area contributed by atoms with Crippen LogP contribution in [-0.2, 0) is 0 Å². The molecule has 6 nitrogen and oxygen atoms in total. The lowest BCUT2D eigenvalue weighted by Crippen LogP contribution is -2.35. The fourth-order valence-electron chi connectivity index (χ4n) is 3.33. The molecule has 0 spiro atoms. The lowest BCUT2D eigenvalue weighted by atomic mass is 9.89. The number of piperidine rings is 1. The Balaban J connectivity index is 1.52. The maximum atomic E-state index is 12.1. The van der Waals surface area contributed by atoms with Gasteiger partial charge >= 0.3 is 0 Å². The average Bonchev–Trinajstić information content (AvgIpc) is 3.07. The molecule has 1 saturated heterocycles. The molecule has 1 fully saturated rings. The fourth-order valence-corrected chi connectivity index (χ4v) is 3.58. The van der Waals surface area contributed by atoms with Crippen LogP contribution in [0, 0.1) is 6.92 Å². The molecule has 7 heteroatoms. The SMILES string of the molecule is Cc1cc(C2CCN(c3nc4[nH]ncc4c(=O)[nH]3)CC2)ccc1Br. The first kappa shape index (κ1) is 15.4. The second-order valence-corrected chi connectivity index (χ2v) is 7.15. The Morgan fingerprint density at radius 2 is 2.08 bits per heavy atom. The number of aryl methyl sites for hydroxylation is 1. The van der Waals surface area contributed by atoms with E-state index < -0.39 is 0 Å². The number of aromatic nitrogens is 4. The van der Waals surface area contributed by atoms with E-state index in [4.69, 9.17) is 0 Å². The van der Waals surface area contributed by atoms with Crippen LogP contribution in [0.5, 0.6) is 0 Å². The van der Waals surface area contributed by atoms with E-state index in [9.17, 15) is 4.79 Å². The van der Waals surface area contributed by atoms with Crippen LogP contribution in [0.1, 0.15) is 29.9 Å². The zero-order valence-corrected chi connectivity index (χ0v) is 14.9. The predicted octanol–water partition coefficient (Wildman–Crippen LogP) is 3.10. The van der Waals surface area contributed by atoms with Gasteiger partial charge in [0.1, 0.15) is 5.39 Å². The summed E-state index contributed by atoms with van der Waals surface area (Å²) in [5.41, 5.74) is 3.06. The van der Waals surface area contributed by atoms with Gasteiger partial charge in [-0.3, -0.25) is 14.9 Å². The Hall–Kier alpha value is -2.15. The third kappa shape index (κ3) is 2.73. The molecule has 0 bridgehead atoms. The number of rotatable bonds is 2. The monoisotopic (exact) mass is 387 g/mol. The standard InChI is InChI=1S/C17H18BrN5O/c1-10-8-12(2-3-14(10)18)11-4-6-23(7-5-11)17-20-15-13(9-19-22-15)16(24)21-17/h2-3,8-9,11H,4-7H2,1H3,(H2,19,20,21,22,24). The smallest absolute Gasteiger partial charge is 0.263 e. The van der Waals surface area contributed by atoms with E-state index in [0.29, 0.717) is 22.9 Å². The Kier molecular flexibility index (Phi) is 3.88. The summed E-state index contributed by atoms with van der Waals surface area (Å²) >= 11 is 3.56. The topological polar surface area (TPSA) is 77.7 Å². The van der Waals surface area contributed by atoms with Gasteiger partial charge in [-0.1, -0.05) is 28.1 Å². The van der Waals surface area contributed by atoms with E-state index in [0.717, 1.165) is 30.4 Å². The molecule has 1 aromatic carbocycles. The molecule has 124 valence electrons. The molecule has 24 heavy (non-hydrogen) atoms. The molecule has 0 saturated carbocycles. The summed E-state index contributed by atoms with van der Waals surface area (Å²) in [5.74, 6) is 1.18. The van der Waals surface area contributed by atoms with Gasteiger partial charge in [0, 0.05) is 17.6 Å². The minimum atomic E-state index is -0.144. The molecule has 4 rings (SSSR count). The number of halogens is 1. The van der Waals surface area contributed by atoms with Crippen molar-refractivity contribution in [2.75, 3.05) is 18.0 Å². The van der Waals surface area contributed by atoms with Gasteiger partial charge in [0.05, 0.1) is 6.20 Å². The van der Waals surface area contributed by atoms with Gasteiger partial charge in [0.15, 0.2) is 5.65 Å². The summed E-state index contributed by atoms with van der Waals surface area (Å²) in [7, 11) is 0. The first-order valence-electron chi connectivity index (χ1n) is 8.06. The summed E-state index contributed by atoms with van der Waals surface area (Å²) in [4.78, 5) is 21.6. The van der Waals surface area contributed by atoms with E-state index in [2.05, 4.69) is 66.1 Å². The van der Waals surface area contributed by atoms with Gasteiger partial charge in [-0.2, -0.15) is 10.1 Å². The number of nitrogens with zero attached hydrogens (tertiary/aromatic N) is 3. The van der Waals surface area contributed by atoms with Crippen molar-refractivity contribution in [1.29, 1.82) is 0 Å². The molecule has 0 amide bonds. The molecule has 3 aromatic rings. The van der Waals surface area contributed by atoms with Crippen molar-refractivity contribution in [3.8, 4) is 0 Å². The van der Waals surface area contributed by atoms with Crippen molar-refractivity contribution in [2.45, 2.75) is 25.7 Å². The third-order valence-corrected chi connectivity index (χ3v) is 5.64. The van der Waals surface area contributed by atoms with Crippen molar-refractivity contribution in [3.63, 3.8) is 0 Å². The molecular weight excluding hydrogens is 370 g/mol. The zero-order valence-electron chi connectivity index (χ0n) is 13.3. The van der Waals surface area contributed by atoms with Crippen molar-refractivity contribution in [3.05, 3.63) is 50.3 Å². The van der Waals surface area contributed by atoms with Gasteiger partial charge in [0.25, 0.3) is 5.56 Å². The maximum Gasteiger partial charge on any atom is 0.263 e. The number of H-pyrrole nitrogens is 2. The molecule has 0 aliphatic carbocycles. The molecule has 0 atom stereocenters. The minimum absolute atomic E-state index is 0.144. The molecule has 0 unspecified atom stereocenters. The van der Waals surface area contributed by atoms with Gasteiger partial charge < -0.3 is 4.90 Å². The second-order valence-electron chi connectivity index (χ2n) is 6.29. The number of anilines is 1. The molecule has 2 aromatic heterocycles. The number of hydrogen-bond acceptors (Lipinski definition) is 4. The summed E-state index contributed by atoms with van der Waals surface area (Å²) in [6.45, 7) is 3.88. The fraction of sp³-hybridized carbons (Fsp3) is 0.353. The number of benzene rings is 1. The average molecular weight is 388 g/mol. The Bertz CT molecular complexity index is 940. The summed E-state index contributed by atoms with van der Waals surface area (Å²) in [5, 5.41) is 7.16. The van der Waals surface area contributed by atoms with Crippen molar-refractivity contribution in [2.24, 2.45) is 0 Å². The van der Waals surface area contributed by atoms with Crippen molar-refractivity contribution in [1.82, 2.24) is 20.2 Å². The van der Waals surface area contributed by atoms with E-state index >= 15 is 0 Å². The van der Waals surface area contributed by atoms with Crippen LogP contribution in [0.15, 0.2) is 33.7 Å². The largest absolute Gasteiger partial charge is 0.342 e. The van der Waals surface area contributed by atoms with Gasteiger partial charge in [-0.25, -0.2) is 0 Å². The molecule has 1 aliphatic rings. The van der Waals surface area contributed by atoms with Crippen LogP contribution >= 0.6 is 15.9 Å². The Morgan fingerprint density at radius 3 is 2.83 bits per heavy atom. The minimum Gasteiger partial charge on any atom is -0.342 e. The Labute approximate surface area is 147 Å². The van der Waals surface area contributed by atoms with Gasteiger partial charge in [-0.05, 0) is 42.9 Å². The maximum absolute atomic E-state index is 12.1. The van der Waals surface area contributed by atoms with E-state index in [1.54, 1.807) is 0 Å². The summed E-state index contributed by atoms with van der Waals surface area (Å²) in [6.07, 6.45) is 3.60. The van der Waals surface area contributed by atoms with Crippen LogP contribution in [0.4, 0.5) is 5.95 Å². The molecule has 1 aliphatic heterocycles. The number of nitrogens with one attached hydrogen (secondary N) is 2. The van der Waals surface area contributed by atoms with Gasteiger partial charge in [0.2, 0.25) is 5.95 Å². The van der Waals surface area contributed by atoms with Crippen LogP contribution in [0.2, 0.25) is 0 Å². The van der Waals surface area contributed by atoms with Crippen molar-refractivity contribution < 1.29 is 0 Å². The van der Waals surface area contributed by atoms with Crippen LogP contribution in [0.25, 0.3) is 11.0 Å². The number of fused-ring (bicyclic) bond motifs is 1. The molecule has 0 radical (unpaired) electrons. The molecule has 2 N–H and O–H groups in total. The molecular formula is C17H18BrN5O. The van der Waals surface area contributed by atoms with Crippen LogP contribution in [-0.4, -0.2) is 33.3 Å². The highest BCUT2D eigenvalue weighted by molar-refractivity contribution is 9.10. The van der Waals surface area contributed by atoms with Gasteiger partial charge in [-0.15, -0.1) is 0 Å². The summed E-state index contributed by atoms with van der Waals surface area (Å²) < 4.78 is 1.15. The summed E-state index contributed by atoms with van der Waals surface area (Å²) in [6, 6.07) is 6.59. The van der Waals surface area contributed by atoms with Crippen LogP contribution < -0.4 is 10.5 Å². The van der Waals surface area contributed by atoms with E-state index in [-0.39, 0.29) is 5.56 Å². The van der Waals surface area contributed by atoms with Crippen molar-refractivity contribution >= 4 is 32.9 Å². The number of aromatic amines is 2. The first-order valence-corrected chi connectivity index (χ1v) is 8.85. The highest BCUT2D eigenvalue weighted by Crippen LogP contribution is 2.31. The van der Waals surface area contributed by atoms with Crippen LogP contribution in [0.3, 0.4) is 0 Å². The molecule has 3 heterocycles. The normalized spacial score (nSPS) is 16.0.